The fraction of sp³-hybridized carbons (Fsp3) is 0. The second kappa shape index (κ2) is 11.2. The summed E-state index contributed by atoms with van der Waals surface area (Å²) in [6.45, 7) is 0. The van der Waals surface area contributed by atoms with E-state index in [4.69, 9.17) is 4.42 Å². The molecule has 0 saturated heterocycles. The highest BCUT2D eigenvalue weighted by molar-refractivity contribution is 7.25. The first-order valence-corrected chi connectivity index (χ1v) is 17.4. The van der Waals surface area contributed by atoms with Gasteiger partial charge in [-0.15, -0.1) is 11.3 Å². The molecule has 0 aliphatic rings. The van der Waals surface area contributed by atoms with Crippen molar-refractivity contribution in [3.63, 3.8) is 0 Å². The number of benzene rings is 8. The maximum absolute atomic E-state index is 6.68. The van der Waals surface area contributed by atoms with Gasteiger partial charge in [-0.2, -0.15) is 0 Å². The first kappa shape index (κ1) is 27.9. The van der Waals surface area contributed by atoms with E-state index in [0.29, 0.717) is 0 Å². The number of hydrogen-bond acceptors (Lipinski definition) is 3. The molecule has 3 heteroatoms. The van der Waals surface area contributed by atoms with Crippen LogP contribution in [0.4, 0.5) is 17.1 Å². The van der Waals surface area contributed by atoms with E-state index in [2.05, 4.69) is 175 Å². The number of furan rings is 1. The number of fused-ring (bicyclic) bond motifs is 7. The van der Waals surface area contributed by atoms with Gasteiger partial charge in [-0.3, -0.25) is 0 Å². The van der Waals surface area contributed by atoms with Crippen LogP contribution in [0.2, 0.25) is 0 Å². The first-order valence-electron chi connectivity index (χ1n) is 16.6. The van der Waals surface area contributed by atoms with E-state index in [9.17, 15) is 0 Å². The zero-order valence-electron chi connectivity index (χ0n) is 26.5. The molecule has 0 unspecified atom stereocenters. The predicted molar refractivity (Wildman–Crippen MR) is 210 cm³/mol. The van der Waals surface area contributed by atoms with E-state index in [1.807, 2.05) is 17.4 Å². The third kappa shape index (κ3) is 4.62. The van der Waals surface area contributed by atoms with Gasteiger partial charge in [0.25, 0.3) is 0 Å². The molecule has 0 spiro atoms. The molecule has 0 atom stereocenters. The van der Waals surface area contributed by atoms with Crippen LogP contribution < -0.4 is 4.90 Å². The van der Waals surface area contributed by atoms with E-state index >= 15 is 0 Å². The highest BCUT2D eigenvalue weighted by Gasteiger charge is 2.22. The van der Waals surface area contributed by atoms with Crippen LogP contribution in [0, 0.1) is 0 Å². The first-order chi connectivity index (χ1) is 24.3. The Labute approximate surface area is 287 Å². The van der Waals surface area contributed by atoms with Crippen molar-refractivity contribution < 1.29 is 4.42 Å². The summed E-state index contributed by atoms with van der Waals surface area (Å²) < 4.78 is 9.28. The van der Waals surface area contributed by atoms with E-state index in [1.165, 1.54) is 47.6 Å². The molecule has 0 fully saturated rings. The van der Waals surface area contributed by atoms with Crippen molar-refractivity contribution in [2.75, 3.05) is 4.90 Å². The van der Waals surface area contributed by atoms with Gasteiger partial charge in [0.15, 0.2) is 5.58 Å². The van der Waals surface area contributed by atoms with Gasteiger partial charge in [-0.1, -0.05) is 121 Å². The number of para-hydroxylation sites is 2. The molecule has 0 amide bonds. The summed E-state index contributed by atoms with van der Waals surface area (Å²) >= 11 is 1.86. The molecule has 8 aromatic carbocycles. The zero-order valence-corrected chi connectivity index (χ0v) is 27.3. The Morgan fingerprint density at radius 2 is 1.14 bits per heavy atom. The molecule has 0 saturated carbocycles. The Morgan fingerprint density at radius 3 is 2.06 bits per heavy atom. The number of rotatable bonds is 5. The molecule has 0 N–H and O–H groups in total. The number of nitrogens with zero attached hydrogens (tertiary/aromatic N) is 1. The maximum atomic E-state index is 6.68. The fourth-order valence-corrected chi connectivity index (χ4v) is 8.49. The summed E-state index contributed by atoms with van der Waals surface area (Å²) in [6, 6.07) is 63.3. The molecule has 0 radical (unpaired) electrons. The molecule has 2 aromatic heterocycles. The summed E-state index contributed by atoms with van der Waals surface area (Å²) in [5, 5.41) is 7.22. The van der Waals surface area contributed by atoms with Crippen molar-refractivity contribution in [2.24, 2.45) is 0 Å². The van der Waals surface area contributed by atoms with Crippen molar-refractivity contribution in [3.8, 4) is 22.3 Å². The van der Waals surface area contributed by atoms with Gasteiger partial charge < -0.3 is 9.32 Å². The highest BCUT2D eigenvalue weighted by Crippen LogP contribution is 2.46. The highest BCUT2D eigenvalue weighted by atomic mass is 32.1. The maximum Gasteiger partial charge on any atom is 0.159 e. The van der Waals surface area contributed by atoms with Gasteiger partial charge >= 0.3 is 0 Å². The fourth-order valence-electron chi connectivity index (χ4n) is 7.36. The van der Waals surface area contributed by atoms with Gasteiger partial charge in [0.1, 0.15) is 5.58 Å². The molecule has 2 nitrogen and oxygen atoms in total. The van der Waals surface area contributed by atoms with E-state index in [1.54, 1.807) is 0 Å². The molecule has 230 valence electrons. The summed E-state index contributed by atoms with van der Waals surface area (Å²) in [4.78, 5) is 2.37. The average Bonchev–Trinajstić information content (AvgIpc) is 3.74. The van der Waals surface area contributed by atoms with Crippen LogP contribution in [0.15, 0.2) is 180 Å². The van der Waals surface area contributed by atoms with Crippen LogP contribution in [0.25, 0.3) is 75.1 Å². The molecule has 0 bridgehead atoms. The second-order valence-electron chi connectivity index (χ2n) is 12.5. The lowest BCUT2D eigenvalue weighted by Gasteiger charge is -2.27. The zero-order chi connectivity index (χ0) is 32.3. The minimum atomic E-state index is 0.870. The Kier molecular flexibility index (Phi) is 6.39. The smallest absolute Gasteiger partial charge is 0.159 e. The largest absolute Gasteiger partial charge is 0.454 e. The van der Waals surface area contributed by atoms with Crippen LogP contribution in [-0.2, 0) is 0 Å². The lowest BCUT2D eigenvalue weighted by atomic mass is 9.94. The Bertz CT molecular complexity index is 2840. The Balaban J connectivity index is 1.29. The summed E-state index contributed by atoms with van der Waals surface area (Å²) in [5.74, 6) is 0. The summed E-state index contributed by atoms with van der Waals surface area (Å²) in [5.41, 5.74) is 9.63. The van der Waals surface area contributed by atoms with Crippen LogP contribution in [0.3, 0.4) is 0 Å². The minimum absolute atomic E-state index is 0.870. The average molecular weight is 644 g/mol. The standard InChI is InChI=1S/C46H29NOS/c1-2-12-30(13-3-1)33-26-34(37-18-11-23-44-45(37)40-17-7-9-22-43(40)49-44)29-36(28-33)47(35-25-24-31-14-4-5-15-32(31)27-35)41-20-10-19-39-38-16-6-8-21-42(38)48-46(39)41/h1-29H. The lowest BCUT2D eigenvalue weighted by molar-refractivity contribution is 0.669. The van der Waals surface area contributed by atoms with Gasteiger partial charge in [0.05, 0.1) is 5.69 Å². The Hall–Kier alpha value is -6.16. The van der Waals surface area contributed by atoms with Crippen LogP contribution >= 0.6 is 11.3 Å². The van der Waals surface area contributed by atoms with Crippen molar-refractivity contribution >= 4 is 81.3 Å². The number of hydrogen-bond donors (Lipinski definition) is 0. The molecule has 49 heavy (non-hydrogen) atoms. The van der Waals surface area contributed by atoms with E-state index < -0.39 is 0 Å². The van der Waals surface area contributed by atoms with Crippen LogP contribution in [0.1, 0.15) is 0 Å². The molecule has 0 aliphatic heterocycles. The topological polar surface area (TPSA) is 16.4 Å². The predicted octanol–water partition coefficient (Wildman–Crippen LogP) is 13.9. The molecule has 10 aromatic rings. The minimum Gasteiger partial charge on any atom is -0.454 e. The van der Waals surface area contributed by atoms with Gasteiger partial charge in [-0.25, -0.2) is 0 Å². The van der Waals surface area contributed by atoms with E-state index in [-0.39, 0.29) is 0 Å². The molecule has 2 heterocycles. The SMILES string of the molecule is c1ccc(-c2cc(-c3cccc4sc5ccccc5c34)cc(N(c3ccc4ccccc4c3)c3cccc4c3oc3ccccc34)c2)cc1. The van der Waals surface area contributed by atoms with E-state index in [0.717, 1.165) is 44.6 Å². The molecular formula is C46H29NOS. The van der Waals surface area contributed by atoms with Crippen molar-refractivity contribution in [1.82, 2.24) is 0 Å². The van der Waals surface area contributed by atoms with Gasteiger partial charge in [0.2, 0.25) is 0 Å². The third-order valence-electron chi connectivity index (χ3n) is 9.61. The van der Waals surface area contributed by atoms with Crippen LogP contribution in [0.5, 0.6) is 0 Å². The molecular weight excluding hydrogens is 615 g/mol. The third-order valence-corrected chi connectivity index (χ3v) is 10.7. The summed E-state index contributed by atoms with van der Waals surface area (Å²) in [7, 11) is 0. The summed E-state index contributed by atoms with van der Waals surface area (Å²) in [6.07, 6.45) is 0. The number of thiophene rings is 1. The molecule has 10 rings (SSSR count). The van der Waals surface area contributed by atoms with Crippen molar-refractivity contribution in [3.05, 3.63) is 176 Å². The van der Waals surface area contributed by atoms with Crippen molar-refractivity contribution in [2.45, 2.75) is 0 Å². The monoisotopic (exact) mass is 643 g/mol. The number of anilines is 3. The molecule has 0 aliphatic carbocycles. The second-order valence-corrected chi connectivity index (χ2v) is 13.6. The van der Waals surface area contributed by atoms with Gasteiger partial charge in [0, 0.05) is 42.3 Å². The lowest BCUT2D eigenvalue weighted by Crippen LogP contribution is -2.10. The van der Waals surface area contributed by atoms with Gasteiger partial charge in [-0.05, 0) is 87.6 Å². The Morgan fingerprint density at radius 1 is 0.429 bits per heavy atom. The normalized spacial score (nSPS) is 11.7. The van der Waals surface area contributed by atoms with Crippen molar-refractivity contribution in [1.29, 1.82) is 0 Å². The quantitative estimate of drug-likeness (QED) is 0.186. The van der Waals surface area contributed by atoms with Crippen LogP contribution in [-0.4, -0.2) is 0 Å².